The summed E-state index contributed by atoms with van der Waals surface area (Å²) in [4.78, 5) is 57.5. The lowest BCUT2D eigenvalue weighted by Crippen LogP contribution is -2.60. The predicted molar refractivity (Wildman–Crippen MR) is 220 cm³/mol. The molecule has 2 bridgehead atoms. The number of fused-ring (bicyclic) bond motifs is 5. The van der Waals surface area contributed by atoms with E-state index in [1.54, 1.807) is 31.8 Å². The molecule has 1 amide bonds. The van der Waals surface area contributed by atoms with Crippen molar-refractivity contribution in [1.82, 2.24) is 19.7 Å². The van der Waals surface area contributed by atoms with Crippen molar-refractivity contribution in [2.24, 2.45) is 33.8 Å². The molecule has 2 aromatic rings. The lowest BCUT2D eigenvalue weighted by molar-refractivity contribution is -0.296. The predicted octanol–water partition coefficient (Wildman–Crippen LogP) is 3.70. The first-order chi connectivity index (χ1) is 28.3. The summed E-state index contributed by atoms with van der Waals surface area (Å²) >= 11 is 0. The summed E-state index contributed by atoms with van der Waals surface area (Å²) in [6, 6.07) is 7.19. The quantitative estimate of drug-likeness (QED) is 0.221. The first-order valence-corrected chi connectivity index (χ1v) is 20.9. The summed E-state index contributed by atoms with van der Waals surface area (Å²) in [5.41, 5.74) is -0.907. The molecule has 0 unspecified atom stereocenters. The molecule has 5 rings (SSSR count). The lowest BCUT2D eigenvalue weighted by Gasteiger charge is -2.47. The number of hydrogen-bond donors (Lipinski definition) is 2. The highest BCUT2D eigenvalue weighted by Crippen LogP contribution is 2.40. The maximum absolute atomic E-state index is 14.5. The number of oxime groups is 1. The van der Waals surface area contributed by atoms with E-state index >= 15 is 0 Å². The standard InChI is InChI=1S/C43H64N6O11/c1-12-34-43(9,54)39-26(4)35(46-29(7)50)24(2)18-42(8,56-21-31(20-55-39)47-57-19-30-13-15-32(16-14-30)49-23-44-22-45-49)38(27(5)36(51)28(6)40(53)59-34)60-41-37(52)33(48(10)11)17-25(3)58-41/h13-16,22-28,33-34,37-39,41,52,54H,12,17-21H2,1-11H3/b46-35?,47-31+/t24-,25-,26+,27+,28-,33+,34-,37-,38-,39+,41+,42-,43-/m1/s1. The van der Waals surface area contributed by atoms with Crippen molar-refractivity contribution in [1.29, 1.82) is 0 Å². The van der Waals surface area contributed by atoms with E-state index in [2.05, 4.69) is 20.2 Å². The van der Waals surface area contributed by atoms with Crippen LogP contribution in [-0.2, 0) is 49.5 Å². The van der Waals surface area contributed by atoms with Crippen LogP contribution in [0, 0.1) is 23.7 Å². The van der Waals surface area contributed by atoms with E-state index in [0.29, 0.717) is 17.8 Å². The Labute approximate surface area is 352 Å². The fourth-order valence-corrected chi connectivity index (χ4v) is 8.89. The Balaban J connectivity index is 1.63. The largest absolute Gasteiger partial charge is 0.459 e. The molecule has 3 aliphatic rings. The van der Waals surface area contributed by atoms with Crippen LogP contribution in [0.5, 0.6) is 0 Å². The highest BCUT2D eigenvalue weighted by Gasteiger charge is 2.53. The zero-order valence-corrected chi connectivity index (χ0v) is 36.8. The van der Waals surface area contributed by atoms with Gasteiger partial charge in [-0.15, -0.1) is 0 Å². The fourth-order valence-electron chi connectivity index (χ4n) is 8.89. The monoisotopic (exact) mass is 840 g/mol. The summed E-state index contributed by atoms with van der Waals surface area (Å²) in [6.45, 7) is 14.8. The second-order valence-electron chi connectivity index (χ2n) is 17.3. The van der Waals surface area contributed by atoms with Crippen molar-refractivity contribution in [3.63, 3.8) is 0 Å². The van der Waals surface area contributed by atoms with Crippen molar-refractivity contribution < 1.29 is 53.1 Å². The minimum absolute atomic E-state index is 0.0908. The van der Waals surface area contributed by atoms with E-state index in [9.17, 15) is 24.6 Å². The average molecular weight is 841 g/mol. The second-order valence-corrected chi connectivity index (χ2v) is 17.3. The maximum atomic E-state index is 14.5. The molecule has 0 aliphatic carbocycles. The fraction of sp³-hybridized carbons (Fsp3) is 0.698. The van der Waals surface area contributed by atoms with Crippen molar-refractivity contribution in [3.8, 4) is 5.69 Å². The van der Waals surface area contributed by atoms with Crippen LogP contribution in [-0.4, -0.2) is 140 Å². The number of Topliss-reactive ketones (excluding diaryl/α,β-unsaturated/α-hetero) is 1. The molecule has 3 fully saturated rings. The SMILES string of the molecule is CC[C@H]1OC(=O)[C@H](C)C(=O)[C@H](C)[C@@H](O[C@@H]2O[C@H](C)C[C@H](N(C)C)[C@H]2O)[C@@]2(C)C[C@@H](C)C(=NC(C)=O)[C@H](C)[C@H](OC/C(=N\OCc3ccc(-n4cncn4)cc3)CO2)[C@]1(C)O. The first-order valence-electron chi connectivity index (χ1n) is 20.9. The third-order valence-corrected chi connectivity index (χ3v) is 12.2. The van der Waals surface area contributed by atoms with Crippen LogP contribution < -0.4 is 0 Å². The van der Waals surface area contributed by atoms with Crippen molar-refractivity contribution in [2.45, 2.75) is 142 Å². The maximum Gasteiger partial charge on any atom is 0.316 e. The van der Waals surface area contributed by atoms with E-state index in [4.69, 9.17) is 28.5 Å². The van der Waals surface area contributed by atoms with Crippen LogP contribution in [0.3, 0.4) is 0 Å². The van der Waals surface area contributed by atoms with Gasteiger partial charge in [0.05, 0.1) is 42.8 Å². The summed E-state index contributed by atoms with van der Waals surface area (Å²) in [5, 5.41) is 32.7. The van der Waals surface area contributed by atoms with Gasteiger partial charge in [0.15, 0.2) is 12.1 Å². The van der Waals surface area contributed by atoms with Gasteiger partial charge in [0, 0.05) is 30.5 Å². The topological polar surface area (TPSA) is 206 Å². The van der Waals surface area contributed by atoms with Crippen LogP contribution in [0.25, 0.3) is 5.69 Å². The molecule has 3 aliphatic heterocycles. The van der Waals surface area contributed by atoms with Gasteiger partial charge in [-0.2, -0.15) is 5.10 Å². The van der Waals surface area contributed by atoms with Crippen LogP contribution >= 0.6 is 0 Å². The number of esters is 1. The molecule has 17 heteroatoms. The van der Waals surface area contributed by atoms with Gasteiger partial charge >= 0.3 is 5.97 Å². The summed E-state index contributed by atoms with van der Waals surface area (Å²) < 4.78 is 34.1. The van der Waals surface area contributed by atoms with Gasteiger partial charge in [0.2, 0.25) is 5.91 Å². The van der Waals surface area contributed by atoms with E-state index in [1.165, 1.54) is 27.1 Å². The smallest absolute Gasteiger partial charge is 0.316 e. The number of ether oxygens (including phenoxy) is 5. The number of nitrogens with zero attached hydrogens (tertiary/aromatic N) is 6. The highest BCUT2D eigenvalue weighted by atomic mass is 16.7. The van der Waals surface area contributed by atoms with E-state index in [1.807, 2.05) is 64.0 Å². The molecule has 17 nitrogen and oxygen atoms in total. The number of benzene rings is 1. The Kier molecular flexibility index (Phi) is 15.6. The number of carbonyl (C=O) groups is 3. The Morgan fingerprint density at radius 1 is 1.07 bits per heavy atom. The molecular weight excluding hydrogens is 777 g/mol. The summed E-state index contributed by atoms with van der Waals surface area (Å²) in [6.07, 6.45) is -2.06. The number of aliphatic hydroxyl groups is 2. The second kappa shape index (κ2) is 19.8. The number of aliphatic imine (C=N–C) groups is 1. The number of ketones is 1. The van der Waals surface area contributed by atoms with Gasteiger partial charge in [0.25, 0.3) is 0 Å². The minimum atomic E-state index is -1.85. The van der Waals surface area contributed by atoms with E-state index in [0.717, 1.165) is 11.3 Å². The van der Waals surface area contributed by atoms with Crippen LogP contribution in [0.15, 0.2) is 47.1 Å². The Hall–Kier alpha value is -3.97. The molecule has 3 saturated heterocycles. The van der Waals surface area contributed by atoms with Gasteiger partial charge in [-0.1, -0.05) is 45.0 Å². The van der Waals surface area contributed by atoms with Gasteiger partial charge in [-0.05, 0) is 84.7 Å². The third-order valence-electron chi connectivity index (χ3n) is 12.2. The molecule has 0 radical (unpaired) electrons. The van der Waals surface area contributed by atoms with Crippen molar-refractivity contribution in [3.05, 3.63) is 42.5 Å². The first kappa shape index (κ1) is 47.1. The lowest BCUT2D eigenvalue weighted by atomic mass is 9.73. The summed E-state index contributed by atoms with van der Waals surface area (Å²) in [7, 11) is 3.73. The minimum Gasteiger partial charge on any atom is -0.459 e. The van der Waals surface area contributed by atoms with Crippen molar-refractivity contribution >= 4 is 29.1 Å². The average Bonchev–Trinajstić information content (AvgIpc) is 3.74. The highest BCUT2D eigenvalue weighted by molar-refractivity contribution is 6.00. The molecule has 60 heavy (non-hydrogen) atoms. The van der Waals surface area contributed by atoms with E-state index in [-0.39, 0.29) is 44.8 Å². The molecule has 13 atom stereocenters. The number of amides is 1. The number of rotatable bonds is 8. The number of likely N-dealkylation sites (N-methyl/N-ethyl adjacent to an activating group) is 1. The number of aromatic nitrogens is 3. The van der Waals surface area contributed by atoms with Gasteiger partial charge < -0.3 is 43.6 Å². The molecule has 1 aromatic carbocycles. The molecule has 332 valence electrons. The number of hydrogen-bond acceptors (Lipinski definition) is 15. The molecule has 0 saturated carbocycles. The zero-order chi connectivity index (χ0) is 44.1. The molecule has 2 N–H and O–H groups in total. The van der Waals surface area contributed by atoms with Crippen LogP contribution in [0.1, 0.15) is 87.1 Å². The third kappa shape index (κ3) is 10.7. The molecule has 1 aromatic heterocycles. The van der Waals surface area contributed by atoms with Gasteiger partial charge in [-0.3, -0.25) is 14.4 Å². The van der Waals surface area contributed by atoms with Gasteiger partial charge in [-0.25, -0.2) is 14.7 Å². The van der Waals surface area contributed by atoms with Crippen molar-refractivity contribution in [2.75, 3.05) is 27.3 Å². The summed E-state index contributed by atoms with van der Waals surface area (Å²) in [5.74, 6) is -5.32. The Morgan fingerprint density at radius 3 is 2.38 bits per heavy atom. The molecular formula is C43H64N6O11. The Bertz CT molecular complexity index is 1840. The number of carbonyl (C=O) groups excluding carboxylic acids is 3. The molecule has 4 heterocycles. The number of aliphatic hydroxyl groups excluding tert-OH is 1. The normalized spacial score (nSPS) is 37.6. The van der Waals surface area contributed by atoms with Crippen LogP contribution in [0.4, 0.5) is 0 Å². The number of cyclic esters (lactones) is 1. The molecule has 0 spiro atoms. The van der Waals surface area contributed by atoms with Crippen LogP contribution in [0.2, 0.25) is 0 Å². The Morgan fingerprint density at radius 2 is 1.77 bits per heavy atom. The zero-order valence-electron chi connectivity index (χ0n) is 36.8. The van der Waals surface area contributed by atoms with E-state index < -0.39 is 83.2 Å². The van der Waals surface area contributed by atoms with Gasteiger partial charge in [0.1, 0.15) is 48.7 Å².